The first-order valence-corrected chi connectivity index (χ1v) is 12.4. The van der Waals surface area contributed by atoms with Crippen LogP contribution in [0.25, 0.3) is 0 Å². The minimum atomic E-state index is 0.105. The predicted molar refractivity (Wildman–Crippen MR) is 135 cm³/mol. The summed E-state index contributed by atoms with van der Waals surface area (Å²) in [5.74, 6) is 0.211. The van der Waals surface area contributed by atoms with E-state index >= 15 is 0 Å². The van der Waals surface area contributed by atoms with Gasteiger partial charge in [-0.2, -0.15) is 0 Å². The molecule has 0 radical (unpaired) electrons. The number of aryl methyl sites for hydroxylation is 2. The highest BCUT2D eigenvalue weighted by Gasteiger charge is 2.04. The number of unbranched alkanes of at least 4 members (excludes halogenated alkanes) is 7. The van der Waals surface area contributed by atoms with E-state index in [2.05, 4.69) is 48.7 Å². The Hall–Kier alpha value is -2.62. The zero-order chi connectivity index (χ0) is 23.0. The van der Waals surface area contributed by atoms with Gasteiger partial charge in [-0.15, -0.1) is 0 Å². The molecule has 2 N–H and O–H groups in total. The van der Waals surface area contributed by atoms with Crippen LogP contribution >= 0.6 is 0 Å². The molecule has 0 aliphatic carbocycles. The number of hydrogen-bond donors (Lipinski definition) is 2. The second-order valence-corrected chi connectivity index (χ2v) is 8.53. The Morgan fingerprint density at radius 2 is 0.844 bits per heavy atom. The fraction of sp³-hybridized carbons (Fsp3) is 0.500. The number of rotatable bonds is 15. The Balaban J connectivity index is 1.41. The molecule has 0 atom stereocenters. The van der Waals surface area contributed by atoms with Crippen LogP contribution in [0.3, 0.4) is 0 Å². The number of carbonyl (C=O) groups excluding carboxylic acids is 2. The highest BCUT2D eigenvalue weighted by atomic mass is 16.2. The number of benzene rings is 2. The number of nitrogens with one attached hydrogen (secondary N) is 2. The quantitative estimate of drug-likeness (QED) is 0.288. The van der Waals surface area contributed by atoms with Crippen molar-refractivity contribution >= 4 is 23.2 Å². The molecule has 32 heavy (non-hydrogen) atoms. The summed E-state index contributed by atoms with van der Waals surface area (Å²) in [6.45, 7) is 4.25. The van der Waals surface area contributed by atoms with Gasteiger partial charge < -0.3 is 10.6 Å². The fourth-order valence-electron chi connectivity index (χ4n) is 3.73. The van der Waals surface area contributed by atoms with Gasteiger partial charge >= 0.3 is 0 Å². The maximum atomic E-state index is 12.0. The lowest BCUT2D eigenvalue weighted by atomic mass is 10.1. The summed E-state index contributed by atoms with van der Waals surface area (Å²) < 4.78 is 0. The monoisotopic (exact) mass is 436 g/mol. The van der Waals surface area contributed by atoms with Gasteiger partial charge in [0.1, 0.15) is 0 Å². The van der Waals surface area contributed by atoms with E-state index in [0.717, 1.165) is 49.9 Å². The first-order valence-electron chi connectivity index (χ1n) is 12.4. The largest absolute Gasteiger partial charge is 0.326 e. The Morgan fingerprint density at radius 3 is 1.16 bits per heavy atom. The van der Waals surface area contributed by atoms with Gasteiger partial charge in [0.2, 0.25) is 11.8 Å². The molecule has 0 saturated heterocycles. The van der Waals surface area contributed by atoms with Crippen LogP contribution in [-0.4, -0.2) is 11.8 Å². The van der Waals surface area contributed by atoms with Crippen molar-refractivity contribution in [3.63, 3.8) is 0 Å². The molecule has 0 aromatic heterocycles. The molecule has 0 fully saturated rings. The van der Waals surface area contributed by atoms with Crippen molar-refractivity contribution in [1.82, 2.24) is 0 Å². The maximum absolute atomic E-state index is 12.0. The molecule has 0 saturated carbocycles. The second-order valence-electron chi connectivity index (χ2n) is 8.53. The summed E-state index contributed by atoms with van der Waals surface area (Å²) in [5.41, 5.74) is 4.33. The molecule has 4 nitrogen and oxygen atoms in total. The lowest BCUT2D eigenvalue weighted by Gasteiger charge is -2.07. The van der Waals surface area contributed by atoms with Crippen LogP contribution < -0.4 is 10.6 Å². The van der Waals surface area contributed by atoms with Crippen LogP contribution in [-0.2, 0) is 22.4 Å². The van der Waals surface area contributed by atoms with Crippen molar-refractivity contribution in [2.24, 2.45) is 0 Å². The van der Waals surface area contributed by atoms with E-state index in [0.29, 0.717) is 12.8 Å². The van der Waals surface area contributed by atoms with E-state index in [1.54, 1.807) is 0 Å². The number of carbonyl (C=O) groups is 2. The van der Waals surface area contributed by atoms with E-state index in [-0.39, 0.29) is 11.8 Å². The van der Waals surface area contributed by atoms with Crippen molar-refractivity contribution in [2.75, 3.05) is 10.6 Å². The summed E-state index contributed by atoms with van der Waals surface area (Å²) in [7, 11) is 0. The van der Waals surface area contributed by atoms with Gasteiger partial charge in [-0.25, -0.2) is 0 Å². The van der Waals surface area contributed by atoms with Crippen molar-refractivity contribution in [3.8, 4) is 0 Å². The fourth-order valence-corrected chi connectivity index (χ4v) is 3.73. The van der Waals surface area contributed by atoms with Crippen LogP contribution in [0.4, 0.5) is 11.4 Å². The molecule has 2 amide bonds. The lowest BCUT2D eigenvalue weighted by Crippen LogP contribution is -2.11. The molecule has 4 heteroatoms. The van der Waals surface area contributed by atoms with E-state index in [9.17, 15) is 9.59 Å². The second kappa shape index (κ2) is 15.2. The third-order valence-corrected chi connectivity index (χ3v) is 5.85. The van der Waals surface area contributed by atoms with Gasteiger partial charge in [0.05, 0.1) is 0 Å². The van der Waals surface area contributed by atoms with Crippen molar-refractivity contribution < 1.29 is 9.59 Å². The van der Waals surface area contributed by atoms with E-state index in [1.807, 2.05) is 24.3 Å². The Morgan fingerprint density at radius 1 is 0.531 bits per heavy atom. The summed E-state index contributed by atoms with van der Waals surface area (Å²) in [4.78, 5) is 24.1. The molecule has 2 aromatic rings. The SMILES string of the molecule is CCc1ccc(NC(=O)CCCCCCCCCCC(=O)Nc2ccc(CC)cc2)cc1. The normalized spacial score (nSPS) is 10.7. The molecule has 2 rings (SSSR count). The van der Waals surface area contributed by atoms with Crippen LogP contribution in [0.15, 0.2) is 48.5 Å². The zero-order valence-electron chi connectivity index (χ0n) is 19.9. The standard InChI is InChI=1S/C28H40N2O2/c1-3-23-15-19-25(20-16-23)29-27(31)13-11-9-7-5-6-8-10-12-14-28(32)30-26-21-17-24(4-2)18-22-26/h15-22H,3-14H2,1-2H3,(H,29,31)(H,30,32). The number of hydrogen-bond acceptors (Lipinski definition) is 2. The first-order chi connectivity index (χ1) is 15.6. The molecule has 174 valence electrons. The predicted octanol–water partition coefficient (Wildman–Crippen LogP) is 7.29. The minimum absolute atomic E-state index is 0.105. The van der Waals surface area contributed by atoms with Crippen LogP contribution in [0, 0.1) is 0 Å². The van der Waals surface area contributed by atoms with Crippen LogP contribution in [0.2, 0.25) is 0 Å². The number of amides is 2. The van der Waals surface area contributed by atoms with Crippen LogP contribution in [0.5, 0.6) is 0 Å². The molecular weight excluding hydrogens is 396 g/mol. The summed E-state index contributed by atoms with van der Waals surface area (Å²) >= 11 is 0. The molecular formula is C28H40N2O2. The average molecular weight is 437 g/mol. The molecule has 0 heterocycles. The lowest BCUT2D eigenvalue weighted by molar-refractivity contribution is -0.117. The zero-order valence-corrected chi connectivity index (χ0v) is 19.9. The molecule has 0 spiro atoms. The minimum Gasteiger partial charge on any atom is -0.326 e. The Bertz CT molecular complexity index is 728. The summed E-state index contributed by atoms with van der Waals surface area (Å²) in [5, 5.41) is 5.95. The third-order valence-electron chi connectivity index (χ3n) is 5.85. The van der Waals surface area contributed by atoms with Crippen molar-refractivity contribution in [3.05, 3.63) is 59.7 Å². The van der Waals surface area contributed by atoms with Gasteiger partial charge in [0.25, 0.3) is 0 Å². The molecule has 0 aliphatic rings. The first kappa shape index (κ1) is 25.6. The molecule has 2 aromatic carbocycles. The van der Waals surface area contributed by atoms with E-state index < -0.39 is 0 Å². The van der Waals surface area contributed by atoms with Gasteiger partial charge in [0.15, 0.2) is 0 Å². The van der Waals surface area contributed by atoms with Gasteiger partial charge in [-0.05, 0) is 61.1 Å². The third kappa shape index (κ3) is 10.6. The Kier molecular flexibility index (Phi) is 12.2. The molecule has 0 bridgehead atoms. The van der Waals surface area contributed by atoms with E-state index in [4.69, 9.17) is 0 Å². The Labute approximate surface area is 194 Å². The van der Waals surface area contributed by atoms with Crippen LogP contribution in [0.1, 0.15) is 89.2 Å². The summed E-state index contributed by atoms with van der Waals surface area (Å²) in [6, 6.07) is 16.2. The highest BCUT2D eigenvalue weighted by molar-refractivity contribution is 5.91. The molecule has 0 aliphatic heterocycles. The molecule has 0 unspecified atom stereocenters. The van der Waals surface area contributed by atoms with E-state index in [1.165, 1.54) is 36.8 Å². The van der Waals surface area contributed by atoms with Crippen molar-refractivity contribution in [1.29, 1.82) is 0 Å². The average Bonchev–Trinajstić information content (AvgIpc) is 2.81. The van der Waals surface area contributed by atoms with Crippen molar-refractivity contribution in [2.45, 2.75) is 90.9 Å². The van der Waals surface area contributed by atoms with Gasteiger partial charge in [0, 0.05) is 24.2 Å². The topological polar surface area (TPSA) is 58.2 Å². The number of anilines is 2. The summed E-state index contributed by atoms with van der Waals surface area (Å²) in [6.07, 6.45) is 12.0. The smallest absolute Gasteiger partial charge is 0.224 e. The van der Waals surface area contributed by atoms with Gasteiger partial charge in [-0.1, -0.05) is 76.6 Å². The van der Waals surface area contributed by atoms with Gasteiger partial charge in [-0.3, -0.25) is 9.59 Å². The maximum Gasteiger partial charge on any atom is 0.224 e. The highest BCUT2D eigenvalue weighted by Crippen LogP contribution is 2.14.